The Bertz CT molecular complexity index is 1490. The van der Waals surface area contributed by atoms with Gasteiger partial charge in [0.1, 0.15) is 5.56 Å². The molecule has 7 heteroatoms. The smallest absolute Gasteiger partial charge is 0.257 e. The molecular weight excluding hydrogens is 428 g/mol. The predicted octanol–water partition coefficient (Wildman–Crippen LogP) is 4.72. The minimum atomic E-state index is -0.239. The summed E-state index contributed by atoms with van der Waals surface area (Å²) in [7, 11) is 0. The van der Waals surface area contributed by atoms with Gasteiger partial charge in [-0.05, 0) is 34.9 Å². The molecule has 0 atom stereocenters. The zero-order valence-corrected chi connectivity index (χ0v) is 18.1. The molecule has 6 rings (SSSR count). The van der Waals surface area contributed by atoms with Gasteiger partial charge in [0.2, 0.25) is 6.79 Å². The van der Waals surface area contributed by atoms with Crippen LogP contribution in [0.2, 0.25) is 0 Å². The number of carbonyl (C=O) groups excluding carboxylic acids is 1. The van der Waals surface area contributed by atoms with Crippen molar-refractivity contribution in [3.8, 4) is 33.9 Å². The number of carbonyl (C=O) groups is 1. The lowest BCUT2D eigenvalue weighted by Crippen LogP contribution is -2.22. The number of nitrogens with one attached hydrogen (secondary N) is 1. The van der Waals surface area contributed by atoms with Crippen LogP contribution in [-0.4, -0.2) is 27.3 Å². The maximum atomic E-state index is 12.9. The summed E-state index contributed by atoms with van der Waals surface area (Å²) in [5.41, 5.74) is 5.99. The molecule has 3 heterocycles. The fourth-order valence-corrected chi connectivity index (χ4v) is 4.06. The molecule has 0 spiro atoms. The van der Waals surface area contributed by atoms with Crippen molar-refractivity contribution in [3.05, 3.63) is 102 Å². The molecule has 1 amide bonds. The molecule has 0 saturated heterocycles. The molecule has 34 heavy (non-hydrogen) atoms. The molecule has 3 aromatic carbocycles. The SMILES string of the molecule is O=C(NCc1ccc2c(c1)OCO2)c1cnn2c(-c3ccc(-c4ccccc4)cc3)ccnc12. The van der Waals surface area contributed by atoms with Crippen molar-refractivity contribution in [2.24, 2.45) is 0 Å². The number of amides is 1. The van der Waals surface area contributed by atoms with Crippen molar-refractivity contribution in [2.45, 2.75) is 6.54 Å². The van der Waals surface area contributed by atoms with Gasteiger partial charge < -0.3 is 14.8 Å². The molecule has 7 nitrogen and oxygen atoms in total. The Labute approximate surface area is 195 Å². The summed E-state index contributed by atoms with van der Waals surface area (Å²) in [6.45, 7) is 0.573. The van der Waals surface area contributed by atoms with E-state index in [1.807, 2.05) is 42.5 Å². The van der Waals surface area contributed by atoms with Gasteiger partial charge in [0.25, 0.3) is 5.91 Å². The maximum Gasteiger partial charge on any atom is 0.257 e. The van der Waals surface area contributed by atoms with Crippen LogP contribution in [-0.2, 0) is 6.54 Å². The second kappa shape index (κ2) is 8.37. The van der Waals surface area contributed by atoms with Gasteiger partial charge in [0, 0.05) is 18.3 Å². The van der Waals surface area contributed by atoms with E-state index in [2.05, 4.69) is 51.8 Å². The number of rotatable bonds is 5. The summed E-state index contributed by atoms with van der Waals surface area (Å²) in [6, 6.07) is 26.0. The predicted molar refractivity (Wildman–Crippen MR) is 128 cm³/mol. The lowest BCUT2D eigenvalue weighted by molar-refractivity contribution is 0.0952. The van der Waals surface area contributed by atoms with Crippen LogP contribution in [0.3, 0.4) is 0 Å². The zero-order chi connectivity index (χ0) is 22.9. The van der Waals surface area contributed by atoms with Crippen LogP contribution in [0.4, 0.5) is 0 Å². The molecule has 1 aliphatic heterocycles. The standard InChI is InChI=1S/C27H20N4O3/c32-27(29-15-18-6-11-24-25(14-18)34-17-33-24)22-16-30-31-23(12-13-28-26(22)31)21-9-7-20(8-10-21)19-4-2-1-3-5-19/h1-14,16H,15,17H2,(H,29,32). The highest BCUT2D eigenvalue weighted by molar-refractivity contribution is 5.99. The largest absolute Gasteiger partial charge is 0.454 e. The third-order valence-corrected chi connectivity index (χ3v) is 5.82. The Hall–Kier alpha value is -4.65. The van der Waals surface area contributed by atoms with E-state index in [1.165, 1.54) is 0 Å². The number of aromatic nitrogens is 3. The van der Waals surface area contributed by atoms with Crippen LogP contribution in [0, 0.1) is 0 Å². The number of ether oxygens (including phenoxy) is 2. The lowest BCUT2D eigenvalue weighted by atomic mass is 10.0. The third-order valence-electron chi connectivity index (χ3n) is 5.82. The molecule has 0 bridgehead atoms. The zero-order valence-electron chi connectivity index (χ0n) is 18.1. The number of benzene rings is 3. The number of hydrogen-bond donors (Lipinski definition) is 1. The highest BCUT2D eigenvalue weighted by Crippen LogP contribution is 2.32. The van der Waals surface area contributed by atoms with Gasteiger partial charge >= 0.3 is 0 Å². The number of hydrogen-bond acceptors (Lipinski definition) is 5. The Balaban J connectivity index is 1.24. The molecular formula is C27H20N4O3. The number of nitrogens with zero attached hydrogens (tertiary/aromatic N) is 3. The van der Waals surface area contributed by atoms with Gasteiger partial charge in [-0.25, -0.2) is 9.50 Å². The summed E-state index contributed by atoms with van der Waals surface area (Å²) in [5.74, 6) is 1.16. The molecule has 1 aliphatic rings. The monoisotopic (exact) mass is 448 g/mol. The Morgan fingerprint density at radius 3 is 2.50 bits per heavy atom. The van der Waals surface area contributed by atoms with Crippen LogP contribution in [0.25, 0.3) is 28.0 Å². The topological polar surface area (TPSA) is 77.8 Å². The summed E-state index contributed by atoms with van der Waals surface area (Å²) >= 11 is 0. The molecule has 5 aromatic rings. The molecule has 0 aliphatic carbocycles. The minimum absolute atomic E-state index is 0.219. The first-order valence-electron chi connectivity index (χ1n) is 10.9. The number of fused-ring (bicyclic) bond motifs is 2. The first kappa shape index (κ1) is 20.0. The normalized spacial score (nSPS) is 12.1. The molecule has 2 aromatic heterocycles. The maximum absolute atomic E-state index is 12.9. The van der Waals surface area contributed by atoms with Gasteiger partial charge in [-0.2, -0.15) is 5.10 Å². The Morgan fingerprint density at radius 2 is 1.65 bits per heavy atom. The molecule has 0 unspecified atom stereocenters. The van der Waals surface area contributed by atoms with E-state index in [0.29, 0.717) is 29.3 Å². The van der Waals surface area contributed by atoms with Crippen molar-refractivity contribution in [1.82, 2.24) is 19.9 Å². The van der Waals surface area contributed by atoms with Crippen molar-refractivity contribution >= 4 is 11.6 Å². The first-order valence-corrected chi connectivity index (χ1v) is 10.9. The van der Waals surface area contributed by atoms with Crippen molar-refractivity contribution < 1.29 is 14.3 Å². The Morgan fingerprint density at radius 1 is 0.882 bits per heavy atom. The van der Waals surface area contributed by atoms with E-state index in [-0.39, 0.29) is 12.7 Å². The van der Waals surface area contributed by atoms with E-state index in [0.717, 1.165) is 27.9 Å². The van der Waals surface area contributed by atoms with Crippen LogP contribution in [0.5, 0.6) is 11.5 Å². The van der Waals surface area contributed by atoms with E-state index in [9.17, 15) is 4.79 Å². The summed E-state index contributed by atoms with van der Waals surface area (Å²) in [6.07, 6.45) is 3.26. The van der Waals surface area contributed by atoms with E-state index in [1.54, 1.807) is 16.9 Å². The third kappa shape index (κ3) is 3.63. The van der Waals surface area contributed by atoms with Crippen molar-refractivity contribution in [2.75, 3.05) is 6.79 Å². The van der Waals surface area contributed by atoms with Gasteiger partial charge in [0.05, 0.1) is 11.9 Å². The molecule has 0 radical (unpaired) electrons. The van der Waals surface area contributed by atoms with E-state index in [4.69, 9.17) is 9.47 Å². The molecule has 0 fully saturated rings. The van der Waals surface area contributed by atoms with Crippen LogP contribution in [0.1, 0.15) is 15.9 Å². The highest BCUT2D eigenvalue weighted by Gasteiger charge is 2.17. The van der Waals surface area contributed by atoms with Crippen LogP contribution >= 0.6 is 0 Å². The first-order chi connectivity index (χ1) is 16.8. The average molecular weight is 448 g/mol. The summed E-state index contributed by atoms with van der Waals surface area (Å²) in [5, 5.41) is 7.40. The van der Waals surface area contributed by atoms with E-state index >= 15 is 0 Å². The lowest BCUT2D eigenvalue weighted by Gasteiger charge is -2.08. The fourth-order valence-electron chi connectivity index (χ4n) is 4.06. The van der Waals surface area contributed by atoms with Crippen LogP contribution in [0.15, 0.2) is 91.3 Å². The second-order valence-corrected chi connectivity index (χ2v) is 7.94. The molecule has 166 valence electrons. The van der Waals surface area contributed by atoms with Gasteiger partial charge in [-0.15, -0.1) is 0 Å². The Kier molecular flexibility index (Phi) is 4.92. The van der Waals surface area contributed by atoms with E-state index < -0.39 is 0 Å². The van der Waals surface area contributed by atoms with Crippen molar-refractivity contribution in [3.63, 3.8) is 0 Å². The van der Waals surface area contributed by atoms with Crippen LogP contribution < -0.4 is 14.8 Å². The summed E-state index contributed by atoms with van der Waals surface area (Å²) in [4.78, 5) is 17.3. The summed E-state index contributed by atoms with van der Waals surface area (Å²) < 4.78 is 12.4. The van der Waals surface area contributed by atoms with Crippen molar-refractivity contribution in [1.29, 1.82) is 0 Å². The highest BCUT2D eigenvalue weighted by atomic mass is 16.7. The molecule has 1 N–H and O–H groups in total. The average Bonchev–Trinajstić information content (AvgIpc) is 3.55. The minimum Gasteiger partial charge on any atom is -0.454 e. The van der Waals surface area contributed by atoms with Gasteiger partial charge in [-0.1, -0.05) is 60.7 Å². The second-order valence-electron chi connectivity index (χ2n) is 7.94. The fraction of sp³-hybridized carbons (Fsp3) is 0.0741. The van der Waals surface area contributed by atoms with Gasteiger partial charge in [-0.3, -0.25) is 4.79 Å². The molecule has 0 saturated carbocycles. The quantitative estimate of drug-likeness (QED) is 0.421. The van der Waals surface area contributed by atoms with Gasteiger partial charge in [0.15, 0.2) is 17.1 Å².